The molecule has 0 spiro atoms. The normalized spacial score (nSPS) is 10.1. The van der Waals surface area contributed by atoms with Gasteiger partial charge in [0.1, 0.15) is 11.4 Å². The highest BCUT2D eigenvalue weighted by Crippen LogP contribution is 2.23. The van der Waals surface area contributed by atoms with Crippen LogP contribution in [0.3, 0.4) is 0 Å². The molecule has 0 aliphatic heterocycles. The molecule has 1 aromatic heterocycles. The Labute approximate surface area is 168 Å². The summed E-state index contributed by atoms with van der Waals surface area (Å²) in [5, 5.41) is 8.87. The van der Waals surface area contributed by atoms with E-state index in [9.17, 15) is 9.59 Å². The largest absolute Gasteiger partial charge is 0.462 e. The van der Waals surface area contributed by atoms with Crippen molar-refractivity contribution in [3.63, 3.8) is 0 Å². The first-order valence-electron chi connectivity index (χ1n) is 8.99. The van der Waals surface area contributed by atoms with Crippen LogP contribution in [0.1, 0.15) is 39.0 Å². The van der Waals surface area contributed by atoms with Crippen LogP contribution in [0.2, 0.25) is 0 Å². The quantitative estimate of drug-likeness (QED) is 0.479. The third-order valence-corrected chi connectivity index (χ3v) is 4.20. The highest BCUT2D eigenvalue weighted by Gasteiger charge is 2.16. The zero-order valence-electron chi connectivity index (χ0n) is 16.0. The molecule has 0 saturated carbocycles. The van der Waals surface area contributed by atoms with Gasteiger partial charge in [-0.2, -0.15) is 5.26 Å². The van der Waals surface area contributed by atoms with Gasteiger partial charge in [0.05, 0.1) is 29.5 Å². The second kappa shape index (κ2) is 8.81. The molecule has 3 aromatic rings. The molecular weight excluding hydrogens is 368 g/mol. The summed E-state index contributed by atoms with van der Waals surface area (Å²) in [6.45, 7) is 3.62. The van der Waals surface area contributed by atoms with Gasteiger partial charge in [0.15, 0.2) is 0 Å². The van der Waals surface area contributed by atoms with Crippen molar-refractivity contribution in [1.82, 2.24) is 4.98 Å². The SMILES string of the molecule is CCOC(=O)c1ccc(C(=O)Oc2ccc(-c3ccc(C#N)cc3)cc2)nc1C. The fraction of sp³-hybridized carbons (Fsp3) is 0.130. The summed E-state index contributed by atoms with van der Waals surface area (Å²) in [5.74, 6) is -0.716. The summed E-state index contributed by atoms with van der Waals surface area (Å²) in [4.78, 5) is 28.3. The minimum absolute atomic E-state index is 0.103. The summed E-state index contributed by atoms with van der Waals surface area (Å²) in [5.41, 5.74) is 3.29. The number of aryl methyl sites for hydroxylation is 1. The maximum Gasteiger partial charge on any atom is 0.362 e. The highest BCUT2D eigenvalue weighted by atomic mass is 16.5. The Bertz CT molecular complexity index is 1080. The first-order valence-corrected chi connectivity index (χ1v) is 8.99. The number of hydrogen-bond acceptors (Lipinski definition) is 6. The van der Waals surface area contributed by atoms with Crippen molar-refractivity contribution in [1.29, 1.82) is 5.26 Å². The number of pyridine rings is 1. The fourth-order valence-electron chi connectivity index (χ4n) is 2.71. The van der Waals surface area contributed by atoms with Crippen LogP contribution in [-0.4, -0.2) is 23.5 Å². The maximum absolute atomic E-state index is 12.4. The predicted octanol–water partition coefficient (Wildman–Crippen LogP) is 4.32. The smallest absolute Gasteiger partial charge is 0.362 e. The Morgan fingerprint density at radius 1 is 0.931 bits per heavy atom. The van der Waals surface area contributed by atoms with E-state index in [1.807, 2.05) is 24.3 Å². The Morgan fingerprint density at radius 2 is 1.55 bits per heavy atom. The number of aromatic nitrogens is 1. The molecule has 0 fully saturated rings. The summed E-state index contributed by atoms with van der Waals surface area (Å²) < 4.78 is 10.3. The lowest BCUT2D eigenvalue weighted by Gasteiger charge is -2.08. The molecule has 0 unspecified atom stereocenters. The number of ether oxygens (including phenoxy) is 2. The van der Waals surface area contributed by atoms with Crippen molar-refractivity contribution in [2.24, 2.45) is 0 Å². The van der Waals surface area contributed by atoms with Crippen LogP contribution in [0.5, 0.6) is 5.75 Å². The van der Waals surface area contributed by atoms with Gasteiger partial charge in [0, 0.05) is 0 Å². The van der Waals surface area contributed by atoms with Gasteiger partial charge >= 0.3 is 11.9 Å². The number of rotatable bonds is 5. The molecule has 3 rings (SSSR count). The monoisotopic (exact) mass is 386 g/mol. The molecule has 144 valence electrons. The van der Waals surface area contributed by atoms with Gasteiger partial charge in [-0.05, 0) is 61.4 Å². The van der Waals surface area contributed by atoms with Gasteiger partial charge in [0.25, 0.3) is 0 Å². The van der Waals surface area contributed by atoms with Gasteiger partial charge in [-0.3, -0.25) is 0 Å². The average molecular weight is 386 g/mol. The standard InChI is InChI=1S/C23H18N2O4/c1-3-28-22(26)20-12-13-21(25-15(20)2)23(27)29-19-10-8-18(9-11-19)17-6-4-16(14-24)5-7-17/h4-13H,3H2,1-2H3. The molecule has 0 radical (unpaired) electrons. The molecule has 0 aliphatic carbocycles. The number of hydrogen-bond donors (Lipinski definition) is 0. The average Bonchev–Trinajstić information content (AvgIpc) is 2.74. The molecule has 0 aliphatic rings. The topological polar surface area (TPSA) is 89.3 Å². The second-order valence-electron chi connectivity index (χ2n) is 6.15. The summed E-state index contributed by atoms with van der Waals surface area (Å²) in [6.07, 6.45) is 0. The first kappa shape index (κ1) is 19.8. The maximum atomic E-state index is 12.4. The molecule has 6 nitrogen and oxygen atoms in total. The van der Waals surface area contributed by atoms with E-state index in [4.69, 9.17) is 14.7 Å². The summed E-state index contributed by atoms with van der Waals surface area (Å²) >= 11 is 0. The van der Waals surface area contributed by atoms with Crippen LogP contribution < -0.4 is 4.74 Å². The highest BCUT2D eigenvalue weighted by molar-refractivity contribution is 5.93. The number of benzene rings is 2. The molecule has 0 saturated heterocycles. The minimum atomic E-state index is -0.616. The van der Waals surface area contributed by atoms with Crippen molar-refractivity contribution in [2.45, 2.75) is 13.8 Å². The van der Waals surface area contributed by atoms with Crippen molar-refractivity contribution in [2.75, 3.05) is 6.61 Å². The Balaban J connectivity index is 1.71. The lowest BCUT2D eigenvalue weighted by molar-refractivity contribution is 0.0523. The summed E-state index contributed by atoms with van der Waals surface area (Å²) in [7, 11) is 0. The fourth-order valence-corrected chi connectivity index (χ4v) is 2.71. The molecular formula is C23H18N2O4. The Kier molecular flexibility index (Phi) is 6.00. The molecule has 6 heteroatoms. The third-order valence-electron chi connectivity index (χ3n) is 4.20. The third kappa shape index (κ3) is 4.66. The zero-order chi connectivity index (χ0) is 20.8. The Morgan fingerprint density at radius 3 is 2.10 bits per heavy atom. The molecule has 0 amide bonds. The number of esters is 2. The van der Waals surface area contributed by atoms with Crippen molar-refractivity contribution in [3.05, 3.63) is 83.2 Å². The molecule has 0 atom stereocenters. The van der Waals surface area contributed by atoms with E-state index in [0.717, 1.165) is 11.1 Å². The summed E-state index contributed by atoms with van der Waals surface area (Å²) in [6, 6.07) is 19.3. The van der Waals surface area contributed by atoms with Crippen molar-refractivity contribution >= 4 is 11.9 Å². The predicted molar refractivity (Wildman–Crippen MR) is 106 cm³/mol. The van der Waals surface area contributed by atoms with E-state index in [-0.39, 0.29) is 12.3 Å². The van der Waals surface area contributed by atoms with Crippen LogP contribution in [-0.2, 0) is 4.74 Å². The molecule has 1 heterocycles. The number of nitriles is 1. The van der Waals surface area contributed by atoms with Gasteiger partial charge in [-0.15, -0.1) is 0 Å². The van der Waals surface area contributed by atoms with Crippen molar-refractivity contribution in [3.8, 4) is 22.9 Å². The second-order valence-corrected chi connectivity index (χ2v) is 6.15. The van der Waals surface area contributed by atoms with E-state index in [1.165, 1.54) is 12.1 Å². The van der Waals surface area contributed by atoms with Crippen LogP contribution in [0.15, 0.2) is 60.7 Å². The van der Waals surface area contributed by atoms with E-state index in [1.54, 1.807) is 38.1 Å². The number of carbonyl (C=O) groups excluding carboxylic acids is 2. The molecule has 0 bridgehead atoms. The minimum Gasteiger partial charge on any atom is -0.462 e. The van der Waals surface area contributed by atoms with Gasteiger partial charge in [0.2, 0.25) is 0 Å². The van der Waals surface area contributed by atoms with Gasteiger partial charge < -0.3 is 9.47 Å². The molecule has 0 N–H and O–H groups in total. The van der Waals surface area contributed by atoms with E-state index < -0.39 is 11.9 Å². The lowest BCUT2D eigenvalue weighted by atomic mass is 10.0. The van der Waals surface area contributed by atoms with Crippen LogP contribution >= 0.6 is 0 Å². The van der Waals surface area contributed by atoms with Gasteiger partial charge in [-0.1, -0.05) is 24.3 Å². The first-order chi connectivity index (χ1) is 14.0. The van der Waals surface area contributed by atoms with Crippen molar-refractivity contribution < 1.29 is 19.1 Å². The van der Waals surface area contributed by atoms with E-state index in [0.29, 0.717) is 22.6 Å². The van der Waals surface area contributed by atoms with E-state index >= 15 is 0 Å². The number of nitrogens with zero attached hydrogens (tertiary/aromatic N) is 2. The van der Waals surface area contributed by atoms with Crippen LogP contribution in [0.25, 0.3) is 11.1 Å². The molecule has 29 heavy (non-hydrogen) atoms. The molecule has 2 aromatic carbocycles. The van der Waals surface area contributed by atoms with Crippen LogP contribution in [0, 0.1) is 18.3 Å². The van der Waals surface area contributed by atoms with E-state index in [2.05, 4.69) is 11.1 Å². The van der Waals surface area contributed by atoms with Gasteiger partial charge in [-0.25, -0.2) is 14.6 Å². The lowest BCUT2D eigenvalue weighted by Crippen LogP contribution is -2.14. The van der Waals surface area contributed by atoms with Crippen LogP contribution in [0.4, 0.5) is 0 Å². The number of carbonyl (C=O) groups is 2. The zero-order valence-corrected chi connectivity index (χ0v) is 16.0. The Hall–Kier alpha value is -3.98.